The molecule has 144 valence electrons. The molecule has 8 nitrogen and oxygen atoms in total. The lowest BCUT2D eigenvalue weighted by Gasteiger charge is -2.14. The van der Waals surface area contributed by atoms with Gasteiger partial charge in [-0.05, 0) is 55.7 Å². The van der Waals surface area contributed by atoms with Crippen molar-refractivity contribution in [2.45, 2.75) is 20.8 Å². The van der Waals surface area contributed by atoms with Gasteiger partial charge in [0.25, 0.3) is 0 Å². The minimum Gasteiger partial charge on any atom is -0.495 e. The highest BCUT2D eigenvalue weighted by Gasteiger charge is 2.24. The fourth-order valence-corrected chi connectivity index (χ4v) is 2.78. The van der Waals surface area contributed by atoms with E-state index < -0.39 is 4.92 Å². The minimum absolute atomic E-state index is 0.0803. The molecule has 0 saturated heterocycles. The van der Waals surface area contributed by atoms with Crippen molar-refractivity contribution in [2.24, 2.45) is 0 Å². The zero-order valence-corrected chi connectivity index (χ0v) is 16.1. The number of rotatable bonds is 6. The highest BCUT2D eigenvalue weighted by molar-refractivity contribution is 5.79. The molecule has 1 heterocycles. The summed E-state index contributed by atoms with van der Waals surface area (Å²) < 4.78 is 5.34. The van der Waals surface area contributed by atoms with E-state index in [-0.39, 0.29) is 17.3 Å². The van der Waals surface area contributed by atoms with Gasteiger partial charge in [-0.2, -0.15) is 0 Å². The second kappa shape index (κ2) is 7.91. The van der Waals surface area contributed by atoms with Gasteiger partial charge in [0, 0.05) is 5.69 Å². The zero-order chi connectivity index (χ0) is 20.3. The van der Waals surface area contributed by atoms with Crippen molar-refractivity contribution in [1.82, 2.24) is 9.97 Å². The molecule has 3 rings (SSSR count). The van der Waals surface area contributed by atoms with Crippen LogP contribution in [0.1, 0.15) is 16.7 Å². The lowest BCUT2D eigenvalue weighted by atomic mass is 10.1. The monoisotopic (exact) mass is 379 g/mol. The first kappa shape index (κ1) is 19.1. The van der Waals surface area contributed by atoms with Crippen LogP contribution >= 0.6 is 0 Å². The predicted octanol–water partition coefficient (Wildman–Crippen LogP) is 4.81. The number of benzene rings is 2. The molecular weight excluding hydrogens is 358 g/mol. The first-order valence-corrected chi connectivity index (χ1v) is 8.64. The number of methoxy groups -OCH3 is 1. The van der Waals surface area contributed by atoms with Crippen molar-refractivity contribution in [3.05, 3.63) is 69.5 Å². The zero-order valence-electron chi connectivity index (χ0n) is 16.1. The number of nitro groups is 1. The number of ether oxygens (including phenoxy) is 1. The summed E-state index contributed by atoms with van der Waals surface area (Å²) in [6, 6.07) is 11.4. The van der Waals surface area contributed by atoms with Crippen LogP contribution in [-0.2, 0) is 0 Å². The third-order valence-corrected chi connectivity index (χ3v) is 4.26. The molecule has 2 aromatic carbocycles. The molecule has 2 N–H and O–H groups in total. The molecule has 0 amide bonds. The van der Waals surface area contributed by atoms with Crippen molar-refractivity contribution in [2.75, 3.05) is 17.7 Å². The van der Waals surface area contributed by atoms with Crippen molar-refractivity contribution in [3.8, 4) is 5.75 Å². The van der Waals surface area contributed by atoms with Crippen molar-refractivity contribution < 1.29 is 9.66 Å². The molecular formula is C20H21N5O3. The number of nitrogens with zero attached hydrogens (tertiary/aromatic N) is 3. The molecule has 0 aliphatic carbocycles. The molecule has 0 radical (unpaired) electrons. The Bertz CT molecular complexity index is 1040. The normalized spacial score (nSPS) is 10.4. The summed E-state index contributed by atoms with van der Waals surface area (Å²) in [5, 5.41) is 17.9. The van der Waals surface area contributed by atoms with Crippen LogP contribution in [0.5, 0.6) is 5.75 Å². The molecule has 3 aromatic rings. The van der Waals surface area contributed by atoms with E-state index in [0.29, 0.717) is 11.4 Å². The molecule has 8 heteroatoms. The Balaban J connectivity index is 2.04. The van der Waals surface area contributed by atoms with E-state index in [1.54, 1.807) is 6.07 Å². The second-order valence-corrected chi connectivity index (χ2v) is 6.45. The van der Waals surface area contributed by atoms with Crippen molar-refractivity contribution in [3.63, 3.8) is 0 Å². The Labute approximate surface area is 162 Å². The van der Waals surface area contributed by atoms with E-state index in [0.717, 1.165) is 22.4 Å². The number of nitrogens with one attached hydrogen (secondary N) is 2. The number of aryl methyl sites for hydroxylation is 3. The van der Waals surface area contributed by atoms with E-state index in [2.05, 4.69) is 20.6 Å². The van der Waals surface area contributed by atoms with E-state index in [1.165, 1.54) is 13.4 Å². The van der Waals surface area contributed by atoms with Crippen LogP contribution in [-0.4, -0.2) is 22.0 Å². The molecule has 28 heavy (non-hydrogen) atoms. The average molecular weight is 379 g/mol. The molecule has 0 atom stereocenters. The lowest BCUT2D eigenvalue weighted by Crippen LogP contribution is -2.06. The summed E-state index contributed by atoms with van der Waals surface area (Å²) in [7, 11) is 1.54. The largest absolute Gasteiger partial charge is 0.495 e. The highest BCUT2D eigenvalue weighted by atomic mass is 16.6. The third-order valence-electron chi connectivity index (χ3n) is 4.26. The Kier molecular flexibility index (Phi) is 5.39. The lowest BCUT2D eigenvalue weighted by molar-refractivity contribution is -0.383. The summed E-state index contributed by atoms with van der Waals surface area (Å²) in [6.07, 6.45) is 1.28. The summed E-state index contributed by atoms with van der Waals surface area (Å²) in [5.41, 5.74) is 4.06. The molecule has 1 aromatic heterocycles. The fourth-order valence-electron chi connectivity index (χ4n) is 2.78. The fraction of sp³-hybridized carbons (Fsp3) is 0.200. The Morgan fingerprint density at radius 1 is 0.929 bits per heavy atom. The van der Waals surface area contributed by atoms with Gasteiger partial charge in [-0.1, -0.05) is 18.2 Å². The Morgan fingerprint density at radius 3 is 2.11 bits per heavy atom. The van der Waals surface area contributed by atoms with Crippen LogP contribution in [0.15, 0.2) is 42.7 Å². The van der Waals surface area contributed by atoms with Crippen LogP contribution < -0.4 is 15.4 Å². The van der Waals surface area contributed by atoms with Crippen LogP contribution in [0.25, 0.3) is 0 Å². The molecule has 0 bridgehead atoms. The summed E-state index contributed by atoms with van der Waals surface area (Å²) >= 11 is 0. The third kappa shape index (κ3) is 4.01. The maximum atomic E-state index is 11.8. The second-order valence-electron chi connectivity index (χ2n) is 6.45. The minimum atomic E-state index is -0.502. The Morgan fingerprint density at radius 2 is 1.50 bits per heavy atom. The van der Waals surface area contributed by atoms with Gasteiger partial charge < -0.3 is 15.4 Å². The topological polar surface area (TPSA) is 102 Å². The van der Waals surface area contributed by atoms with Gasteiger partial charge in [-0.3, -0.25) is 10.1 Å². The maximum Gasteiger partial charge on any atom is 0.353 e. The van der Waals surface area contributed by atoms with Gasteiger partial charge in [0.05, 0.1) is 17.7 Å². The first-order valence-electron chi connectivity index (χ1n) is 8.64. The highest BCUT2D eigenvalue weighted by Crippen LogP contribution is 2.36. The van der Waals surface area contributed by atoms with E-state index in [4.69, 9.17) is 4.74 Å². The first-order chi connectivity index (χ1) is 13.4. The number of anilines is 4. The molecule has 0 aliphatic rings. The molecule has 0 aliphatic heterocycles. The average Bonchev–Trinajstić information content (AvgIpc) is 2.65. The number of aromatic nitrogens is 2. The SMILES string of the molecule is COc1ccc(C)cc1Nc1ncnc(Nc2cc(C)ccc2C)c1[N+](=O)[O-]. The summed E-state index contributed by atoms with van der Waals surface area (Å²) in [5.74, 6) is 0.752. The van der Waals surface area contributed by atoms with Crippen LogP contribution in [0.3, 0.4) is 0 Å². The molecule has 0 fully saturated rings. The number of hydrogen-bond acceptors (Lipinski definition) is 7. The van der Waals surface area contributed by atoms with E-state index in [9.17, 15) is 10.1 Å². The van der Waals surface area contributed by atoms with Gasteiger partial charge in [0.2, 0.25) is 11.6 Å². The molecule has 0 spiro atoms. The van der Waals surface area contributed by atoms with Crippen molar-refractivity contribution >= 4 is 28.7 Å². The Hall–Kier alpha value is -3.68. The van der Waals surface area contributed by atoms with Gasteiger partial charge in [-0.25, -0.2) is 9.97 Å². The van der Waals surface area contributed by atoms with E-state index >= 15 is 0 Å². The quantitative estimate of drug-likeness (QED) is 0.468. The maximum absolute atomic E-state index is 11.8. The van der Waals surface area contributed by atoms with Gasteiger partial charge >= 0.3 is 5.69 Å². The van der Waals surface area contributed by atoms with E-state index in [1.807, 2.05) is 51.1 Å². The molecule has 0 saturated carbocycles. The predicted molar refractivity (Wildman–Crippen MR) is 109 cm³/mol. The standard InChI is InChI=1S/C20H21N5O3/c1-12-5-7-14(3)15(9-12)23-19-18(25(26)27)20(22-11-21-19)24-16-10-13(2)6-8-17(16)28-4/h5-11H,1-4H3,(H2,21,22,23,24). The van der Waals surface area contributed by atoms with Gasteiger partial charge in [0.1, 0.15) is 12.1 Å². The van der Waals surface area contributed by atoms with Crippen LogP contribution in [0.4, 0.5) is 28.7 Å². The van der Waals surface area contributed by atoms with Crippen LogP contribution in [0.2, 0.25) is 0 Å². The number of hydrogen-bond donors (Lipinski definition) is 2. The van der Waals surface area contributed by atoms with Gasteiger partial charge in [0.15, 0.2) is 0 Å². The van der Waals surface area contributed by atoms with Crippen LogP contribution in [0, 0.1) is 30.9 Å². The smallest absolute Gasteiger partial charge is 0.353 e. The van der Waals surface area contributed by atoms with Gasteiger partial charge in [-0.15, -0.1) is 0 Å². The molecule has 0 unspecified atom stereocenters. The summed E-state index contributed by atoms with van der Waals surface area (Å²) in [4.78, 5) is 19.5. The van der Waals surface area contributed by atoms with Crippen molar-refractivity contribution in [1.29, 1.82) is 0 Å². The summed E-state index contributed by atoms with van der Waals surface area (Å²) in [6.45, 7) is 5.80.